The normalized spacial score (nSPS) is 16.0. The number of fused-ring (bicyclic) bond motifs is 2. The highest BCUT2D eigenvalue weighted by molar-refractivity contribution is 6.76. The largest absolute Gasteiger partial charge is 0.478 e. The average Bonchev–Trinajstić information content (AvgIpc) is 3.49. The average molecular weight is 685 g/mol. The minimum Gasteiger partial charge on any atom is -0.478 e. The zero-order chi connectivity index (χ0) is 34.7. The van der Waals surface area contributed by atoms with E-state index in [1.165, 1.54) is 18.3 Å². The number of pyridine rings is 1. The van der Waals surface area contributed by atoms with Gasteiger partial charge in [-0.25, -0.2) is 19.1 Å². The molecule has 6 rings (SSSR count). The van der Waals surface area contributed by atoms with Gasteiger partial charge in [-0.1, -0.05) is 43.9 Å². The van der Waals surface area contributed by atoms with Crippen LogP contribution in [0.1, 0.15) is 51.7 Å². The van der Waals surface area contributed by atoms with E-state index in [0.717, 1.165) is 39.3 Å². The molecule has 2 aliphatic heterocycles. The van der Waals surface area contributed by atoms with Crippen LogP contribution in [-0.4, -0.2) is 81.6 Å². The van der Waals surface area contributed by atoms with Crippen LogP contribution in [0.5, 0.6) is 0 Å². The van der Waals surface area contributed by atoms with Crippen molar-refractivity contribution in [2.75, 3.05) is 25.0 Å². The van der Waals surface area contributed by atoms with Gasteiger partial charge in [-0.3, -0.25) is 4.98 Å². The first-order valence-electron chi connectivity index (χ1n) is 16.8. The molecule has 2 aromatic heterocycles. The smallest absolute Gasteiger partial charge is 0.410 e. The van der Waals surface area contributed by atoms with Crippen LogP contribution in [0.15, 0.2) is 60.9 Å². The number of para-hydroxylation sites is 1. The molecule has 4 heterocycles. The summed E-state index contributed by atoms with van der Waals surface area (Å²) in [6.45, 7) is 11.4. The van der Waals surface area contributed by atoms with Gasteiger partial charge in [0.25, 0.3) is 0 Å². The lowest BCUT2D eigenvalue weighted by molar-refractivity contribution is 0.0473. The van der Waals surface area contributed by atoms with Crippen molar-refractivity contribution in [2.24, 2.45) is 0 Å². The van der Waals surface area contributed by atoms with Gasteiger partial charge in [0.2, 0.25) is 0 Å². The number of carbonyl (C=O) groups is 3. The highest BCUT2D eigenvalue weighted by atomic mass is 28.3. The molecule has 4 aromatic rings. The first-order chi connectivity index (χ1) is 23.4. The van der Waals surface area contributed by atoms with Crippen molar-refractivity contribution in [1.82, 2.24) is 24.6 Å². The lowest BCUT2D eigenvalue weighted by atomic mass is 9.99. The van der Waals surface area contributed by atoms with E-state index in [-0.39, 0.29) is 24.1 Å². The molecule has 1 atom stereocenters. The summed E-state index contributed by atoms with van der Waals surface area (Å²) >= 11 is 0. The number of amides is 3. The van der Waals surface area contributed by atoms with Crippen LogP contribution in [0.2, 0.25) is 25.7 Å². The van der Waals surface area contributed by atoms with E-state index in [1.54, 1.807) is 9.58 Å². The Balaban J connectivity index is 1.17. The summed E-state index contributed by atoms with van der Waals surface area (Å²) < 4.78 is 13.9. The summed E-state index contributed by atoms with van der Waals surface area (Å²) in [5.41, 5.74) is 5.04. The molecular weight excluding hydrogens is 641 g/mol. The second kappa shape index (κ2) is 14.4. The number of benzene rings is 2. The lowest BCUT2D eigenvalue weighted by Gasteiger charge is -2.40. The first-order valence-corrected chi connectivity index (χ1v) is 20.5. The van der Waals surface area contributed by atoms with Crippen LogP contribution in [0, 0.1) is 6.92 Å². The molecule has 1 fully saturated rings. The van der Waals surface area contributed by atoms with E-state index in [9.17, 15) is 19.5 Å². The molecule has 2 aromatic carbocycles. The van der Waals surface area contributed by atoms with Crippen LogP contribution in [0.3, 0.4) is 0 Å². The quantitative estimate of drug-likeness (QED) is 0.132. The number of piperidine rings is 1. The van der Waals surface area contributed by atoms with E-state index in [2.05, 4.69) is 29.9 Å². The molecule has 0 aliphatic carbocycles. The van der Waals surface area contributed by atoms with Gasteiger partial charge >= 0.3 is 18.1 Å². The number of nitrogens with one attached hydrogen (secondary N) is 1. The molecule has 2 N–H and O–H groups in total. The Morgan fingerprint density at radius 2 is 1.88 bits per heavy atom. The van der Waals surface area contributed by atoms with E-state index >= 15 is 0 Å². The molecule has 258 valence electrons. The standard InChI is InChI=1S/C36H44N6O6Si/c1-24-17-27(18-28-21-41(39-33(24)28)23-47-15-16-49(2,3)4)32(20-29-19-25(34(43)44)9-12-37-29)48-36(46)40-13-10-30(11-14-40)42-22-26-7-5-6-8-31(26)38-35(42)45/h5-9,12,17-19,21,30,32H,10-11,13-16,20,22-23H2,1-4H3,(H,38,45)(H,43,44). The monoisotopic (exact) mass is 684 g/mol. The van der Waals surface area contributed by atoms with Crippen molar-refractivity contribution in [2.45, 2.75) is 77.3 Å². The fourth-order valence-electron chi connectivity index (χ4n) is 6.39. The van der Waals surface area contributed by atoms with Crippen LogP contribution < -0.4 is 5.32 Å². The topological polar surface area (TPSA) is 139 Å². The predicted octanol–water partition coefficient (Wildman–Crippen LogP) is 6.68. The van der Waals surface area contributed by atoms with E-state index < -0.39 is 26.2 Å². The number of aromatic nitrogens is 3. The van der Waals surface area contributed by atoms with Crippen molar-refractivity contribution >= 4 is 42.8 Å². The number of aryl methyl sites for hydroxylation is 1. The number of nitrogens with zero attached hydrogens (tertiary/aromatic N) is 5. The van der Waals surface area contributed by atoms with Gasteiger partial charge in [0.1, 0.15) is 12.8 Å². The molecule has 0 bridgehead atoms. The summed E-state index contributed by atoms with van der Waals surface area (Å²) in [5, 5.41) is 18.2. The van der Waals surface area contributed by atoms with Crippen molar-refractivity contribution in [3.05, 3.63) is 88.9 Å². The summed E-state index contributed by atoms with van der Waals surface area (Å²) in [4.78, 5) is 46.2. The third-order valence-corrected chi connectivity index (χ3v) is 10.9. The number of hydrogen-bond donors (Lipinski definition) is 2. The van der Waals surface area contributed by atoms with Crippen molar-refractivity contribution in [1.29, 1.82) is 0 Å². The maximum atomic E-state index is 13.7. The van der Waals surface area contributed by atoms with Gasteiger partial charge in [-0.05, 0) is 66.8 Å². The molecule has 1 unspecified atom stereocenters. The van der Waals surface area contributed by atoms with Crippen molar-refractivity contribution in [3.8, 4) is 0 Å². The molecule has 13 heteroatoms. The van der Waals surface area contributed by atoms with Gasteiger partial charge in [0.15, 0.2) is 0 Å². The zero-order valence-electron chi connectivity index (χ0n) is 28.5. The maximum absolute atomic E-state index is 13.7. The number of likely N-dealkylation sites (tertiary alicyclic amines) is 1. The van der Waals surface area contributed by atoms with Crippen molar-refractivity contribution in [3.63, 3.8) is 0 Å². The molecule has 0 saturated carbocycles. The number of ether oxygens (including phenoxy) is 2. The lowest BCUT2D eigenvalue weighted by Crippen LogP contribution is -2.51. The summed E-state index contributed by atoms with van der Waals surface area (Å²) in [6.07, 6.45) is 3.64. The van der Waals surface area contributed by atoms with E-state index in [4.69, 9.17) is 14.6 Å². The fourth-order valence-corrected chi connectivity index (χ4v) is 7.15. The Kier molecular flexibility index (Phi) is 10.0. The minimum atomic E-state index is -1.21. The van der Waals surface area contributed by atoms with Crippen LogP contribution in [0.25, 0.3) is 10.9 Å². The van der Waals surface area contributed by atoms with Crippen LogP contribution in [-0.2, 0) is 29.2 Å². The highest BCUT2D eigenvalue weighted by Crippen LogP contribution is 2.31. The molecule has 3 amide bonds. The molecule has 49 heavy (non-hydrogen) atoms. The molecule has 12 nitrogen and oxygen atoms in total. The van der Waals surface area contributed by atoms with Gasteiger partial charge in [0, 0.05) is 75.9 Å². The summed E-state index contributed by atoms with van der Waals surface area (Å²) in [7, 11) is -1.21. The first kappa shape index (κ1) is 34.1. The van der Waals surface area contributed by atoms with Gasteiger partial charge in [0.05, 0.1) is 11.1 Å². The Hall–Kier alpha value is -4.75. The third-order valence-electron chi connectivity index (χ3n) is 9.19. The summed E-state index contributed by atoms with van der Waals surface area (Å²) in [6, 6.07) is 15.6. The predicted molar refractivity (Wildman–Crippen MR) is 188 cm³/mol. The van der Waals surface area contributed by atoms with Crippen LogP contribution in [0.4, 0.5) is 15.3 Å². The third kappa shape index (κ3) is 8.28. The number of aromatic carboxylic acids is 1. The SMILES string of the molecule is Cc1cc(C(Cc2cc(C(=O)O)ccn2)OC(=O)N2CCC(N3Cc4ccccc4NC3=O)CC2)cc2cn(COCC[Si](C)(C)C)nc12. The van der Waals surface area contributed by atoms with E-state index in [1.807, 2.05) is 54.4 Å². The number of rotatable bonds is 11. The Labute approximate surface area is 287 Å². The molecule has 0 radical (unpaired) electrons. The molecular formula is C36H44N6O6Si. The number of carboxylic acids is 1. The Morgan fingerprint density at radius 1 is 1.10 bits per heavy atom. The number of anilines is 1. The molecule has 2 aliphatic rings. The number of urea groups is 1. The Morgan fingerprint density at radius 3 is 2.63 bits per heavy atom. The summed E-state index contributed by atoms with van der Waals surface area (Å²) in [5.74, 6) is -1.05. The number of hydrogen-bond acceptors (Lipinski definition) is 7. The fraction of sp³-hybridized carbons (Fsp3) is 0.417. The second-order valence-corrected chi connectivity index (χ2v) is 19.8. The minimum absolute atomic E-state index is 0.00252. The maximum Gasteiger partial charge on any atom is 0.410 e. The Bertz CT molecular complexity index is 1850. The van der Waals surface area contributed by atoms with Crippen molar-refractivity contribution < 1.29 is 29.0 Å². The van der Waals surface area contributed by atoms with Gasteiger partial charge < -0.3 is 29.7 Å². The molecule has 0 spiro atoms. The van der Waals surface area contributed by atoms with Gasteiger partial charge in [-0.2, -0.15) is 5.10 Å². The second-order valence-electron chi connectivity index (χ2n) is 14.1. The number of carbonyl (C=O) groups excluding carboxylic acids is 2. The highest BCUT2D eigenvalue weighted by Gasteiger charge is 2.34. The van der Waals surface area contributed by atoms with Crippen LogP contribution >= 0.6 is 0 Å². The molecule has 1 saturated heterocycles. The number of carboxylic acid groups (broad SMARTS) is 1. The van der Waals surface area contributed by atoms with E-state index in [0.29, 0.717) is 51.5 Å². The van der Waals surface area contributed by atoms with Gasteiger partial charge in [-0.15, -0.1) is 0 Å². The zero-order valence-corrected chi connectivity index (χ0v) is 29.5.